The molecular formula is C48H35NO4. The van der Waals surface area contributed by atoms with Gasteiger partial charge >= 0.3 is 5.97 Å². The number of rotatable bonds is 7. The number of hydrogen-bond donors (Lipinski definition) is 1. The molecule has 5 heteroatoms. The zero-order valence-electron chi connectivity index (χ0n) is 28.9. The second-order valence-electron chi connectivity index (χ2n) is 14.0. The topological polar surface area (TPSA) is 74.7 Å². The Morgan fingerprint density at radius 2 is 1.32 bits per heavy atom. The van der Waals surface area contributed by atoms with Gasteiger partial charge in [0.1, 0.15) is 0 Å². The molecule has 0 spiro atoms. The summed E-state index contributed by atoms with van der Waals surface area (Å²) >= 11 is 0. The molecule has 1 N–H and O–H groups in total. The van der Waals surface area contributed by atoms with Gasteiger partial charge < -0.3 is 10.0 Å². The molecule has 0 saturated heterocycles. The van der Waals surface area contributed by atoms with Crippen LogP contribution in [0.5, 0.6) is 0 Å². The van der Waals surface area contributed by atoms with Crippen molar-refractivity contribution in [2.24, 2.45) is 0 Å². The van der Waals surface area contributed by atoms with Crippen LogP contribution in [0.3, 0.4) is 0 Å². The van der Waals surface area contributed by atoms with E-state index in [4.69, 9.17) is 0 Å². The van der Waals surface area contributed by atoms with Crippen LogP contribution in [0.2, 0.25) is 0 Å². The number of hydrogen-bond acceptors (Lipinski definition) is 4. The molecular weight excluding hydrogens is 655 g/mol. The molecule has 1 aliphatic heterocycles. The fourth-order valence-corrected chi connectivity index (χ4v) is 8.39. The van der Waals surface area contributed by atoms with E-state index in [0.29, 0.717) is 28.5 Å². The van der Waals surface area contributed by atoms with Crippen molar-refractivity contribution in [2.75, 3.05) is 4.90 Å². The van der Waals surface area contributed by atoms with Crippen LogP contribution in [0.1, 0.15) is 84.1 Å². The van der Waals surface area contributed by atoms with Crippen LogP contribution < -0.4 is 4.90 Å². The van der Waals surface area contributed by atoms with Gasteiger partial charge in [-0.1, -0.05) is 110 Å². The van der Waals surface area contributed by atoms with Gasteiger partial charge in [-0.2, -0.15) is 0 Å². The maximum absolute atomic E-state index is 13.6. The van der Waals surface area contributed by atoms with Crippen LogP contribution >= 0.6 is 0 Å². The lowest BCUT2D eigenvalue weighted by Crippen LogP contribution is -2.26. The number of Topliss-reactive ketones (excluding diaryl/α,β-unsaturated/α-hetero) is 2. The van der Waals surface area contributed by atoms with Crippen molar-refractivity contribution in [2.45, 2.75) is 31.2 Å². The van der Waals surface area contributed by atoms with Crippen LogP contribution in [0.25, 0.3) is 28.5 Å². The Kier molecular flexibility index (Phi) is 8.04. The van der Waals surface area contributed by atoms with E-state index < -0.39 is 5.97 Å². The molecule has 1 heterocycles. The zero-order chi connectivity index (χ0) is 36.1. The minimum absolute atomic E-state index is 0.139. The summed E-state index contributed by atoms with van der Waals surface area (Å²) in [5.74, 6) is -1.28. The van der Waals surface area contributed by atoms with Gasteiger partial charge in [-0.05, 0) is 112 Å². The van der Waals surface area contributed by atoms with E-state index >= 15 is 0 Å². The quantitative estimate of drug-likeness (QED) is 0.103. The highest BCUT2D eigenvalue weighted by molar-refractivity contribution is 6.42. The molecule has 6 aromatic rings. The van der Waals surface area contributed by atoms with E-state index in [1.165, 1.54) is 40.1 Å². The first kappa shape index (κ1) is 32.3. The van der Waals surface area contributed by atoms with Gasteiger partial charge in [-0.15, -0.1) is 0 Å². The Bertz CT molecular complexity index is 2500. The number of aromatic carboxylic acids is 1. The van der Waals surface area contributed by atoms with Crippen LogP contribution in [-0.2, 0) is 0 Å². The Morgan fingerprint density at radius 1 is 0.660 bits per heavy atom. The molecule has 3 aliphatic rings. The number of carboxylic acid groups (broad SMARTS) is 1. The number of fused-ring (bicyclic) bond motifs is 5. The second-order valence-corrected chi connectivity index (χ2v) is 14.0. The molecule has 5 nitrogen and oxygen atoms in total. The lowest BCUT2D eigenvalue weighted by atomic mass is 9.95. The molecule has 53 heavy (non-hydrogen) atoms. The van der Waals surface area contributed by atoms with Crippen molar-refractivity contribution in [3.8, 4) is 0 Å². The number of carbonyl (C=O) groups excluding carboxylic acids is 2. The average molecular weight is 690 g/mol. The van der Waals surface area contributed by atoms with Crippen molar-refractivity contribution in [1.82, 2.24) is 0 Å². The first-order valence-electron chi connectivity index (χ1n) is 18.1. The van der Waals surface area contributed by atoms with E-state index in [2.05, 4.69) is 108 Å². The summed E-state index contributed by atoms with van der Waals surface area (Å²) in [6.45, 7) is 0. The maximum Gasteiger partial charge on any atom is 0.335 e. The largest absolute Gasteiger partial charge is 0.478 e. The molecule has 256 valence electrons. The number of carboxylic acids is 1. The Labute approximate surface area is 307 Å². The van der Waals surface area contributed by atoms with Crippen molar-refractivity contribution in [3.05, 3.63) is 196 Å². The van der Waals surface area contributed by atoms with Crippen LogP contribution in [0.15, 0.2) is 151 Å². The van der Waals surface area contributed by atoms with E-state index in [-0.39, 0.29) is 22.7 Å². The lowest BCUT2D eigenvalue weighted by molar-refractivity contribution is 0.0696. The fourth-order valence-electron chi connectivity index (χ4n) is 8.39. The number of ketones is 2. The minimum Gasteiger partial charge on any atom is -0.478 e. The molecule has 1 fully saturated rings. The van der Waals surface area contributed by atoms with Gasteiger partial charge in [0.25, 0.3) is 0 Å². The standard InChI is InChI=1S/C48H35NO4/c50-46-41-28-34-20-21-35(48(52)53)27-36(34)29-42(41)47(51)43(46)26-31-19-24-45-40(25-31)39-15-8-16-44(39)49(45)37-22-17-30(18-23-37)9-7-14-38(32-10-3-1-4-11-32)33-12-5-2-6-13-33/h1-7,9-14,17-29,39,44H,8,15-16H2,(H,52,53)/b9-7+,43-26?. The van der Waals surface area contributed by atoms with E-state index in [9.17, 15) is 19.5 Å². The van der Waals surface area contributed by atoms with E-state index in [0.717, 1.165) is 41.5 Å². The normalized spacial score (nSPS) is 18.1. The van der Waals surface area contributed by atoms with Gasteiger partial charge in [0.2, 0.25) is 0 Å². The molecule has 0 bridgehead atoms. The molecule has 2 atom stereocenters. The average Bonchev–Trinajstić information content (AvgIpc) is 3.85. The molecule has 2 unspecified atom stereocenters. The minimum atomic E-state index is -1.04. The predicted octanol–water partition coefficient (Wildman–Crippen LogP) is 10.9. The summed E-state index contributed by atoms with van der Waals surface area (Å²) in [5.41, 5.74) is 10.0. The number of benzene rings is 6. The van der Waals surface area contributed by atoms with Crippen LogP contribution in [0.4, 0.5) is 11.4 Å². The van der Waals surface area contributed by atoms with E-state index in [1.54, 1.807) is 24.3 Å². The first-order chi connectivity index (χ1) is 25.9. The zero-order valence-corrected chi connectivity index (χ0v) is 28.9. The fraction of sp³-hybridized carbons (Fsp3) is 0.104. The lowest BCUT2D eigenvalue weighted by Gasteiger charge is -2.27. The third-order valence-corrected chi connectivity index (χ3v) is 10.9. The van der Waals surface area contributed by atoms with Crippen molar-refractivity contribution in [3.63, 3.8) is 0 Å². The summed E-state index contributed by atoms with van der Waals surface area (Å²) in [7, 11) is 0. The number of allylic oxidation sites excluding steroid dienone is 3. The van der Waals surface area contributed by atoms with Gasteiger partial charge in [0.15, 0.2) is 11.6 Å². The van der Waals surface area contributed by atoms with Gasteiger partial charge in [0.05, 0.1) is 11.1 Å². The number of nitrogens with zero attached hydrogens (tertiary/aromatic N) is 1. The molecule has 0 aromatic heterocycles. The molecule has 0 radical (unpaired) electrons. The SMILES string of the molecule is O=C(O)c1ccc2cc3c(cc2c1)C(=O)C(=Cc1ccc2c(c1)C1CCCC1N2c1ccc(/C=C/C=C(c2ccccc2)c2ccccc2)cc1)C3=O. The van der Waals surface area contributed by atoms with Crippen molar-refractivity contribution < 1.29 is 19.5 Å². The molecule has 9 rings (SSSR count). The Hall–Kier alpha value is -6.59. The highest BCUT2D eigenvalue weighted by Gasteiger charge is 2.42. The molecule has 1 saturated carbocycles. The third-order valence-electron chi connectivity index (χ3n) is 10.9. The first-order valence-corrected chi connectivity index (χ1v) is 18.1. The highest BCUT2D eigenvalue weighted by Crippen LogP contribution is 2.52. The molecule has 6 aromatic carbocycles. The summed E-state index contributed by atoms with van der Waals surface area (Å²) in [6, 6.07) is 44.4. The Morgan fingerprint density at radius 3 is 2.00 bits per heavy atom. The second kappa shape index (κ2) is 13.2. The summed E-state index contributed by atoms with van der Waals surface area (Å²) in [4.78, 5) is 41.1. The van der Waals surface area contributed by atoms with Crippen molar-refractivity contribution in [1.29, 1.82) is 0 Å². The van der Waals surface area contributed by atoms with Gasteiger partial charge in [0, 0.05) is 34.5 Å². The van der Waals surface area contributed by atoms with Gasteiger partial charge in [-0.3, -0.25) is 9.59 Å². The molecule has 0 amide bonds. The highest BCUT2D eigenvalue weighted by atomic mass is 16.4. The molecule has 2 aliphatic carbocycles. The van der Waals surface area contributed by atoms with Gasteiger partial charge in [-0.25, -0.2) is 4.79 Å². The summed E-state index contributed by atoms with van der Waals surface area (Å²) < 4.78 is 0. The number of carbonyl (C=O) groups is 3. The number of anilines is 2. The summed E-state index contributed by atoms with van der Waals surface area (Å²) in [5, 5.41) is 10.8. The monoisotopic (exact) mass is 689 g/mol. The Balaban J connectivity index is 0.983. The van der Waals surface area contributed by atoms with Crippen LogP contribution in [0, 0.1) is 0 Å². The third kappa shape index (κ3) is 5.81. The smallest absolute Gasteiger partial charge is 0.335 e. The maximum atomic E-state index is 13.6. The van der Waals surface area contributed by atoms with Crippen molar-refractivity contribution >= 4 is 57.4 Å². The van der Waals surface area contributed by atoms with Crippen LogP contribution in [-0.4, -0.2) is 28.7 Å². The predicted molar refractivity (Wildman–Crippen MR) is 212 cm³/mol. The van der Waals surface area contributed by atoms with E-state index in [1.807, 2.05) is 18.2 Å². The summed E-state index contributed by atoms with van der Waals surface area (Å²) in [6.07, 6.45) is 11.5.